The maximum atomic E-state index is 14.0. The van der Waals surface area contributed by atoms with Gasteiger partial charge in [0.2, 0.25) is 0 Å². The van der Waals surface area contributed by atoms with Crippen molar-refractivity contribution in [2.24, 2.45) is 0 Å². The normalized spacial score (nSPS) is 14.7. The summed E-state index contributed by atoms with van der Waals surface area (Å²) in [6, 6.07) is 1.22. The molecule has 33 heavy (non-hydrogen) atoms. The summed E-state index contributed by atoms with van der Waals surface area (Å²) >= 11 is 0. The number of carbonyl (C=O) groups is 2. The number of aromatic nitrogens is 3. The van der Waals surface area contributed by atoms with Crippen LogP contribution in [0.3, 0.4) is 0 Å². The summed E-state index contributed by atoms with van der Waals surface area (Å²) in [4.78, 5) is 40.9. The minimum atomic E-state index is -4.71. The van der Waals surface area contributed by atoms with Crippen LogP contribution in [0.2, 0.25) is 0 Å². The van der Waals surface area contributed by atoms with Crippen LogP contribution in [0.5, 0.6) is 5.75 Å². The van der Waals surface area contributed by atoms with Gasteiger partial charge in [0.05, 0.1) is 35.5 Å². The summed E-state index contributed by atoms with van der Waals surface area (Å²) in [5.74, 6) is -3.44. The Morgan fingerprint density at radius 2 is 1.97 bits per heavy atom. The minimum Gasteiger partial charge on any atom is -0.504 e. The Morgan fingerprint density at radius 1 is 1.30 bits per heavy atom. The van der Waals surface area contributed by atoms with Gasteiger partial charge < -0.3 is 25.2 Å². The summed E-state index contributed by atoms with van der Waals surface area (Å²) in [5.41, 5.74) is -3.53. The van der Waals surface area contributed by atoms with E-state index in [0.717, 1.165) is 4.52 Å². The van der Waals surface area contributed by atoms with Crippen LogP contribution >= 0.6 is 0 Å². The molecule has 1 aliphatic rings. The molecule has 0 aliphatic carbocycles. The van der Waals surface area contributed by atoms with Gasteiger partial charge in [0.25, 0.3) is 11.5 Å². The SMILES string of the molecule is Cc1c(C(F)(F)F)c(N2CCOCC2)cc2c1nc1c(O)c(C(=O)NCC(=O)O)c(=O)[nH]n12. The summed E-state index contributed by atoms with van der Waals surface area (Å²) in [5, 5.41) is 23.5. The van der Waals surface area contributed by atoms with E-state index in [1.807, 2.05) is 5.32 Å². The lowest BCUT2D eigenvalue weighted by molar-refractivity contribution is -0.137. The largest absolute Gasteiger partial charge is 0.504 e. The van der Waals surface area contributed by atoms with E-state index in [4.69, 9.17) is 9.84 Å². The van der Waals surface area contributed by atoms with Gasteiger partial charge in [0, 0.05) is 13.1 Å². The number of aliphatic carboxylic acids is 1. The van der Waals surface area contributed by atoms with Crippen molar-refractivity contribution in [2.75, 3.05) is 37.7 Å². The average molecular weight is 469 g/mol. The van der Waals surface area contributed by atoms with Gasteiger partial charge in [-0.1, -0.05) is 0 Å². The number of aromatic hydroxyl groups is 1. The molecule has 0 spiro atoms. The third kappa shape index (κ3) is 3.82. The number of fused-ring (bicyclic) bond motifs is 3. The number of nitrogens with one attached hydrogen (secondary N) is 2. The number of carbonyl (C=O) groups excluding carboxylic acids is 1. The first-order valence-electron chi connectivity index (χ1n) is 9.71. The fraction of sp³-hybridized carbons (Fsp3) is 0.368. The Morgan fingerprint density at radius 3 is 2.58 bits per heavy atom. The lowest BCUT2D eigenvalue weighted by Gasteiger charge is -2.31. The highest BCUT2D eigenvalue weighted by Crippen LogP contribution is 2.42. The van der Waals surface area contributed by atoms with Crippen LogP contribution in [0.25, 0.3) is 16.7 Å². The molecule has 0 bridgehead atoms. The van der Waals surface area contributed by atoms with Crippen LogP contribution in [0.4, 0.5) is 18.9 Å². The lowest BCUT2D eigenvalue weighted by atomic mass is 10.0. The smallest absolute Gasteiger partial charge is 0.418 e. The summed E-state index contributed by atoms with van der Waals surface area (Å²) in [7, 11) is 0. The number of anilines is 1. The number of rotatable bonds is 4. The number of morpholine rings is 1. The molecule has 1 fully saturated rings. The predicted octanol–water partition coefficient (Wildman–Crippen LogP) is 0.860. The van der Waals surface area contributed by atoms with Crippen LogP contribution in [0.15, 0.2) is 10.9 Å². The minimum absolute atomic E-state index is 0.0851. The number of aryl methyl sites for hydroxylation is 1. The molecule has 1 saturated heterocycles. The van der Waals surface area contributed by atoms with Crippen molar-refractivity contribution in [2.45, 2.75) is 13.1 Å². The average Bonchev–Trinajstić information content (AvgIpc) is 3.11. The van der Waals surface area contributed by atoms with Crippen molar-refractivity contribution in [1.29, 1.82) is 0 Å². The molecule has 0 radical (unpaired) electrons. The van der Waals surface area contributed by atoms with Crippen molar-refractivity contribution in [3.8, 4) is 5.75 Å². The van der Waals surface area contributed by atoms with Crippen molar-refractivity contribution in [3.05, 3.63) is 33.1 Å². The van der Waals surface area contributed by atoms with E-state index >= 15 is 0 Å². The van der Waals surface area contributed by atoms with E-state index in [0.29, 0.717) is 0 Å². The molecule has 3 heterocycles. The second-order valence-corrected chi connectivity index (χ2v) is 7.37. The quantitative estimate of drug-likeness (QED) is 0.440. The van der Waals surface area contributed by atoms with Gasteiger partial charge in [-0.05, 0) is 18.6 Å². The molecule has 176 valence electrons. The lowest BCUT2D eigenvalue weighted by Crippen LogP contribution is -2.37. The van der Waals surface area contributed by atoms with Crippen LogP contribution in [0, 0.1) is 6.92 Å². The Kier molecular flexibility index (Phi) is 5.40. The van der Waals surface area contributed by atoms with E-state index in [2.05, 4.69) is 10.1 Å². The van der Waals surface area contributed by atoms with Gasteiger partial charge in [0.1, 0.15) is 6.54 Å². The maximum Gasteiger partial charge on any atom is 0.418 e. The number of carboxylic acid groups (broad SMARTS) is 1. The molecule has 1 aromatic carbocycles. The molecule has 1 aliphatic heterocycles. The van der Waals surface area contributed by atoms with Crippen molar-refractivity contribution >= 4 is 34.2 Å². The summed E-state index contributed by atoms with van der Waals surface area (Å²) in [6.07, 6.45) is -4.71. The predicted molar refractivity (Wildman–Crippen MR) is 108 cm³/mol. The van der Waals surface area contributed by atoms with E-state index in [-0.39, 0.29) is 54.2 Å². The number of amides is 1. The Hall–Kier alpha value is -3.81. The first kappa shape index (κ1) is 22.4. The molecule has 14 heteroatoms. The van der Waals surface area contributed by atoms with Crippen molar-refractivity contribution in [1.82, 2.24) is 19.9 Å². The van der Waals surface area contributed by atoms with E-state index < -0.39 is 47.0 Å². The first-order chi connectivity index (χ1) is 15.5. The highest BCUT2D eigenvalue weighted by atomic mass is 19.4. The fourth-order valence-corrected chi connectivity index (χ4v) is 3.87. The van der Waals surface area contributed by atoms with E-state index in [1.165, 1.54) is 17.9 Å². The molecular weight excluding hydrogens is 451 g/mol. The molecule has 11 nitrogen and oxygen atoms in total. The van der Waals surface area contributed by atoms with Gasteiger partial charge in [-0.2, -0.15) is 13.2 Å². The molecule has 1 amide bonds. The van der Waals surface area contributed by atoms with Crippen LogP contribution in [-0.4, -0.2) is 69.5 Å². The number of hydrogen-bond acceptors (Lipinski definition) is 7. The van der Waals surface area contributed by atoms with E-state index in [1.54, 1.807) is 0 Å². The first-order valence-corrected chi connectivity index (χ1v) is 9.71. The number of imidazole rings is 1. The summed E-state index contributed by atoms with van der Waals surface area (Å²) in [6.45, 7) is 1.36. The zero-order valence-electron chi connectivity index (χ0n) is 17.1. The monoisotopic (exact) mass is 469 g/mol. The van der Waals surface area contributed by atoms with E-state index in [9.17, 15) is 32.7 Å². The molecule has 0 atom stereocenters. The number of nitrogens with zero attached hydrogens (tertiary/aromatic N) is 3. The number of ether oxygens (including phenoxy) is 1. The maximum absolute atomic E-state index is 14.0. The van der Waals surface area contributed by atoms with Gasteiger partial charge in [-0.3, -0.25) is 19.5 Å². The zero-order chi connectivity index (χ0) is 24.1. The summed E-state index contributed by atoms with van der Waals surface area (Å²) < 4.78 is 48.3. The van der Waals surface area contributed by atoms with Gasteiger partial charge >= 0.3 is 12.1 Å². The van der Waals surface area contributed by atoms with Gasteiger partial charge in [-0.15, -0.1) is 0 Å². The van der Waals surface area contributed by atoms with Crippen LogP contribution in [0.1, 0.15) is 21.5 Å². The topological polar surface area (TPSA) is 149 Å². The highest BCUT2D eigenvalue weighted by molar-refractivity contribution is 6.00. The molecule has 0 unspecified atom stereocenters. The number of aromatic amines is 1. The second-order valence-electron chi connectivity index (χ2n) is 7.37. The van der Waals surface area contributed by atoms with Crippen molar-refractivity contribution < 1.29 is 37.7 Å². The number of benzene rings is 1. The molecule has 2 aromatic heterocycles. The molecule has 3 aromatic rings. The zero-order valence-corrected chi connectivity index (χ0v) is 17.1. The van der Waals surface area contributed by atoms with Gasteiger partial charge in [-0.25, -0.2) is 9.50 Å². The number of halogens is 3. The second kappa shape index (κ2) is 7.95. The number of alkyl halides is 3. The third-order valence-corrected chi connectivity index (χ3v) is 5.32. The highest BCUT2D eigenvalue weighted by Gasteiger charge is 2.39. The number of H-pyrrole nitrogens is 1. The molecule has 4 rings (SSSR count). The van der Waals surface area contributed by atoms with Crippen molar-refractivity contribution in [3.63, 3.8) is 0 Å². The Balaban J connectivity index is 1.98. The fourth-order valence-electron chi connectivity index (χ4n) is 3.87. The van der Waals surface area contributed by atoms with Gasteiger partial charge in [0.15, 0.2) is 17.0 Å². The molecule has 0 saturated carbocycles. The van der Waals surface area contributed by atoms with Crippen LogP contribution in [-0.2, 0) is 15.7 Å². The standard InChI is InChI=1S/C19H18F3N5O6/c1-8-13(19(20,21)22)9(26-2-4-33-5-3-26)6-10-14(8)24-16-15(30)12(18(32)25-27(10)16)17(31)23-7-11(28)29/h6,30H,2-5,7H2,1H3,(H,23,31)(H,25,32)(H,28,29). The third-order valence-electron chi connectivity index (χ3n) is 5.32. The van der Waals surface area contributed by atoms with Crippen LogP contribution < -0.4 is 15.8 Å². The molecular formula is C19H18F3N5O6. The Bertz CT molecular complexity index is 1340. The number of hydrogen-bond donors (Lipinski definition) is 4. The number of carboxylic acids is 1. The molecule has 4 N–H and O–H groups in total. The Labute approximate surface area is 182 Å².